The van der Waals surface area contributed by atoms with Crippen molar-refractivity contribution in [2.24, 2.45) is 5.92 Å². The second-order valence-corrected chi connectivity index (χ2v) is 6.63. The second-order valence-electron chi connectivity index (χ2n) is 6.63. The molecule has 1 saturated heterocycles. The molecule has 1 saturated carbocycles. The molecule has 1 aliphatic carbocycles. The first-order valence-electron chi connectivity index (χ1n) is 8.58. The van der Waals surface area contributed by atoms with E-state index in [9.17, 15) is 4.79 Å². The van der Waals surface area contributed by atoms with Gasteiger partial charge >= 0.3 is 0 Å². The summed E-state index contributed by atoms with van der Waals surface area (Å²) in [6.07, 6.45) is 14.4. The molecule has 0 N–H and O–H groups in total. The molecule has 4 rings (SSSR count). The summed E-state index contributed by atoms with van der Waals surface area (Å²) in [6, 6.07) is 4.14. The summed E-state index contributed by atoms with van der Waals surface area (Å²) >= 11 is 0. The molecule has 23 heavy (non-hydrogen) atoms. The molecule has 2 aromatic rings. The van der Waals surface area contributed by atoms with Crippen molar-refractivity contribution in [1.29, 1.82) is 0 Å². The standard InChI is InChI=1S/C18H22N4O/c23-18(22-10-3-5-14-4-1-2-6-16(14)22)15-7-8-20-17(12-15)21-11-9-19-13-21/h7-9,11-14,16H,1-6,10H2/t14-,16+/m1/s1. The zero-order valence-corrected chi connectivity index (χ0v) is 13.3. The molecule has 1 amide bonds. The molecule has 0 radical (unpaired) electrons. The number of carbonyl (C=O) groups excluding carboxylic acids is 1. The maximum absolute atomic E-state index is 13.0. The average molecular weight is 310 g/mol. The number of hydrogen-bond donors (Lipinski definition) is 0. The van der Waals surface area contributed by atoms with Gasteiger partial charge in [-0.05, 0) is 43.7 Å². The van der Waals surface area contributed by atoms with E-state index in [1.165, 1.54) is 25.7 Å². The topological polar surface area (TPSA) is 51.0 Å². The number of rotatable bonds is 2. The lowest BCUT2D eigenvalue weighted by Crippen LogP contribution is -2.49. The van der Waals surface area contributed by atoms with Crippen LogP contribution in [-0.4, -0.2) is 37.9 Å². The fraction of sp³-hybridized carbons (Fsp3) is 0.500. The normalized spacial score (nSPS) is 24.3. The minimum Gasteiger partial charge on any atom is -0.335 e. The summed E-state index contributed by atoms with van der Waals surface area (Å²) in [5.74, 6) is 1.60. The van der Waals surface area contributed by atoms with Crippen LogP contribution in [0.5, 0.6) is 0 Å². The minimum atomic E-state index is 0.158. The van der Waals surface area contributed by atoms with Gasteiger partial charge in [-0.1, -0.05) is 12.8 Å². The molecule has 5 heteroatoms. The number of aromatic nitrogens is 3. The van der Waals surface area contributed by atoms with Gasteiger partial charge in [-0.25, -0.2) is 9.97 Å². The van der Waals surface area contributed by atoms with Crippen molar-refractivity contribution in [2.75, 3.05) is 6.54 Å². The van der Waals surface area contributed by atoms with Crippen molar-refractivity contribution in [3.8, 4) is 5.82 Å². The number of hydrogen-bond acceptors (Lipinski definition) is 3. The fourth-order valence-electron chi connectivity index (χ4n) is 4.13. The molecule has 2 fully saturated rings. The zero-order valence-electron chi connectivity index (χ0n) is 13.3. The Morgan fingerprint density at radius 2 is 2.00 bits per heavy atom. The predicted molar refractivity (Wildman–Crippen MR) is 87.4 cm³/mol. The lowest BCUT2D eigenvalue weighted by atomic mass is 9.78. The van der Waals surface area contributed by atoms with E-state index < -0.39 is 0 Å². The number of imidazole rings is 1. The molecule has 1 aliphatic heterocycles. The summed E-state index contributed by atoms with van der Waals surface area (Å²) in [5.41, 5.74) is 0.731. The van der Waals surface area contributed by atoms with E-state index in [4.69, 9.17) is 0 Å². The first-order chi connectivity index (χ1) is 11.3. The summed E-state index contributed by atoms with van der Waals surface area (Å²) < 4.78 is 1.83. The minimum absolute atomic E-state index is 0.158. The lowest BCUT2D eigenvalue weighted by Gasteiger charge is -2.44. The monoisotopic (exact) mass is 310 g/mol. The van der Waals surface area contributed by atoms with Gasteiger partial charge in [0, 0.05) is 36.7 Å². The third-order valence-corrected chi connectivity index (χ3v) is 5.27. The van der Waals surface area contributed by atoms with Crippen LogP contribution in [0.4, 0.5) is 0 Å². The molecule has 2 aliphatic rings. The first kappa shape index (κ1) is 14.4. The van der Waals surface area contributed by atoms with Crippen LogP contribution in [0, 0.1) is 5.92 Å². The molecular formula is C18H22N4O. The Hall–Kier alpha value is -2.17. The summed E-state index contributed by atoms with van der Waals surface area (Å²) in [5, 5.41) is 0. The van der Waals surface area contributed by atoms with Crippen LogP contribution in [0.3, 0.4) is 0 Å². The maximum atomic E-state index is 13.0. The predicted octanol–water partition coefficient (Wildman–Crippen LogP) is 3.06. The Kier molecular flexibility index (Phi) is 3.85. The highest BCUT2D eigenvalue weighted by atomic mass is 16.2. The molecule has 5 nitrogen and oxygen atoms in total. The second kappa shape index (κ2) is 6.14. The first-order valence-corrected chi connectivity index (χ1v) is 8.58. The molecule has 0 bridgehead atoms. The summed E-state index contributed by atoms with van der Waals surface area (Å²) in [6.45, 7) is 0.892. The van der Waals surface area contributed by atoms with Crippen LogP contribution >= 0.6 is 0 Å². The van der Waals surface area contributed by atoms with Crippen molar-refractivity contribution in [1.82, 2.24) is 19.4 Å². The van der Waals surface area contributed by atoms with E-state index in [1.807, 2.05) is 22.9 Å². The van der Waals surface area contributed by atoms with Crippen molar-refractivity contribution in [2.45, 2.75) is 44.6 Å². The van der Waals surface area contributed by atoms with Crippen LogP contribution in [0.25, 0.3) is 5.82 Å². The maximum Gasteiger partial charge on any atom is 0.254 e. The molecule has 3 heterocycles. The van der Waals surface area contributed by atoms with Gasteiger partial charge in [0.05, 0.1) is 0 Å². The third-order valence-electron chi connectivity index (χ3n) is 5.27. The Balaban J connectivity index is 1.60. The van der Waals surface area contributed by atoms with E-state index in [0.29, 0.717) is 12.0 Å². The van der Waals surface area contributed by atoms with Crippen LogP contribution < -0.4 is 0 Å². The van der Waals surface area contributed by atoms with Crippen LogP contribution in [0.1, 0.15) is 48.9 Å². The summed E-state index contributed by atoms with van der Waals surface area (Å²) in [4.78, 5) is 23.6. The highest BCUT2D eigenvalue weighted by molar-refractivity contribution is 5.94. The van der Waals surface area contributed by atoms with Crippen molar-refractivity contribution >= 4 is 5.91 Å². The number of fused-ring (bicyclic) bond motifs is 1. The molecule has 0 spiro atoms. The number of pyridine rings is 1. The molecular weight excluding hydrogens is 288 g/mol. The molecule has 120 valence electrons. The molecule has 2 atom stereocenters. The average Bonchev–Trinajstić information content (AvgIpc) is 3.15. The van der Waals surface area contributed by atoms with E-state index in [0.717, 1.165) is 30.8 Å². The highest BCUT2D eigenvalue weighted by Crippen LogP contribution is 2.35. The number of amides is 1. The SMILES string of the molecule is O=C(c1ccnc(-n2ccnc2)c1)N1CCC[C@H]2CCCC[C@@H]21. The Labute approximate surface area is 136 Å². The van der Waals surface area contributed by atoms with Gasteiger partial charge in [0.15, 0.2) is 0 Å². The Bertz CT molecular complexity index is 680. The van der Waals surface area contributed by atoms with Gasteiger partial charge in [-0.15, -0.1) is 0 Å². The van der Waals surface area contributed by atoms with Gasteiger partial charge in [0.25, 0.3) is 5.91 Å². The number of piperidine rings is 1. The zero-order chi connectivity index (χ0) is 15.6. The Morgan fingerprint density at radius 1 is 1.13 bits per heavy atom. The highest BCUT2D eigenvalue weighted by Gasteiger charge is 2.36. The summed E-state index contributed by atoms with van der Waals surface area (Å²) in [7, 11) is 0. The van der Waals surface area contributed by atoms with Crippen molar-refractivity contribution in [3.05, 3.63) is 42.6 Å². The Morgan fingerprint density at radius 3 is 2.87 bits per heavy atom. The number of carbonyl (C=O) groups is 1. The fourth-order valence-corrected chi connectivity index (χ4v) is 4.13. The van der Waals surface area contributed by atoms with Crippen LogP contribution in [-0.2, 0) is 0 Å². The lowest BCUT2D eigenvalue weighted by molar-refractivity contribution is 0.0390. The van der Waals surface area contributed by atoms with E-state index in [2.05, 4.69) is 14.9 Å². The number of likely N-dealkylation sites (tertiary alicyclic amines) is 1. The number of nitrogens with zero attached hydrogens (tertiary/aromatic N) is 4. The van der Waals surface area contributed by atoms with Crippen molar-refractivity contribution in [3.63, 3.8) is 0 Å². The molecule has 0 aromatic carbocycles. The van der Waals surface area contributed by atoms with Crippen molar-refractivity contribution < 1.29 is 4.79 Å². The van der Waals surface area contributed by atoms with Crippen LogP contribution in [0.2, 0.25) is 0 Å². The largest absolute Gasteiger partial charge is 0.335 e. The smallest absolute Gasteiger partial charge is 0.254 e. The van der Waals surface area contributed by atoms with Gasteiger partial charge in [-0.2, -0.15) is 0 Å². The van der Waals surface area contributed by atoms with E-state index in [-0.39, 0.29) is 5.91 Å². The quantitative estimate of drug-likeness (QED) is 0.856. The van der Waals surface area contributed by atoms with E-state index in [1.54, 1.807) is 18.7 Å². The van der Waals surface area contributed by atoms with Gasteiger partial charge in [0.2, 0.25) is 0 Å². The van der Waals surface area contributed by atoms with Gasteiger partial charge < -0.3 is 4.90 Å². The molecule has 2 aromatic heterocycles. The van der Waals surface area contributed by atoms with Gasteiger partial charge in [-0.3, -0.25) is 9.36 Å². The van der Waals surface area contributed by atoms with Crippen LogP contribution in [0.15, 0.2) is 37.1 Å². The third kappa shape index (κ3) is 2.76. The molecule has 0 unspecified atom stereocenters. The van der Waals surface area contributed by atoms with E-state index >= 15 is 0 Å². The van der Waals surface area contributed by atoms with Gasteiger partial charge in [0.1, 0.15) is 12.1 Å².